The molecule has 1 rings (SSSR count). The Hall–Kier alpha value is -1.55. The lowest BCUT2D eigenvalue weighted by Crippen LogP contribution is -2.29. The predicted molar refractivity (Wildman–Crippen MR) is 66.2 cm³/mol. The SMILES string of the molecule is COC(=O)C(c1cc(C)ccc1OC)N(C)C. The van der Waals surface area contributed by atoms with Crippen LogP contribution < -0.4 is 4.74 Å². The summed E-state index contributed by atoms with van der Waals surface area (Å²) in [4.78, 5) is 13.6. The van der Waals surface area contributed by atoms with Crippen molar-refractivity contribution in [1.82, 2.24) is 4.90 Å². The molecular weight excluding hydrogens is 218 g/mol. The van der Waals surface area contributed by atoms with E-state index in [9.17, 15) is 4.79 Å². The van der Waals surface area contributed by atoms with Crippen LogP contribution in [0.2, 0.25) is 0 Å². The molecule has 0 heterocycles. The number of rotatable bonds is 4. The molecule has 4 heteroatoms. The zero-order valence-electron chi connectivity index (χ0n) is 11.0. The van der Waals surface area contributed by atoms with Crippen LogP contribution in [0.4, 0.5) is 0 Å². The standard InChI is InChI=1S/C13H19NO3/c1-9-6-7-11(16-4)10(8-9)12(14(2)3)13(15)17-5/h6-8,12H,1-5H3. The van der Waals surface area contributed by atoms with Crippen molar-refractivity contribution in [3.8, 4) is 5.75 Å². The molecule has 0 aliphatic heterocycles. The van der Waals surface area contributed by atoms with Crippen molar-refractivity contribution >= 4 is 5.97 Å². The van der Waals surface area contributed by atoms with Crippen molar-refractivity contribution < 1.29 is 14.3 Å². The van der Waals surface area contributed by atoms with E-state index in [0.29, 0.717) is 5.75 Å². The van der Waals surface area contributed by atoms with Gasteiger partial charge in [-0.3, -0.25) is 4.90 Å². The first-order valence-corrected chi connectivity index (χ1v) is 5.40. The fourth-order valence-corrected chi connectivity index (χ4v) is 1.80. The number of carbonyl (C=O) groups excluding carboxylic acids is 1. The monoisotopic (exact) mass is 237 g/mol. The molecule has 0 saturated carbocycles. The minimum atomic E-state index is -0.449. The minimum Gasteiger partial charge on any atom is -0.496 e. The number of esters is 1. The molecule has 1 atom stereocenters. The van der Waals surface area contributed by atoms with Crippen LogP contribution in [-0.4, -0.2) is 39.2 Å². The van der Waals surface area contributed by atoms with Crippen molar-refractivity contribution in [1.29, 1.82) is 0 Å². The molecular formula is C13H19NO3. The number of carbonyl (C=O) groups is 1. The second-order valence-corrected chi connectivity index (χ2v) is 4.13. The summed E-state index contributed by atoms with van der Waals surface area (Å²) in [7, 11) is 6.66. The number of likely N-dealkylation sites (N-methyl/N-ethyl adjacent to an activating group) is 1. The normalized spacial score (nSPS) is 12.4. The van der Waals surface area contributed by atoms with Crippen molar-refractivity contribution in [3.63, 3.8) is 0 Å². The maximum absolute atomic E-state index is 11.8. The lowest BCUT2D eigenvalue weighted by molar-refractivity contribution is -0.146. The van der Waals surface area contributed by atoms with E-state index < -0.39 is 6.04 Å². The topological polar surface area (TPSA) is 38.8 Å². The van der Waals surface area contributed by atoms with Crippen LogP contribution in [0, 0.1) is 6.92 Å². The summed E-state index contributed by atoms with van der Waals surface area (Å²) in [5.41, 5.74) is 1.90. The molecule has 1 aromatic rings. The number of hydrogen-bond acceptors (Lipinski definition) is 4. The van der Waals surface area contributed by atoms with E-state index >= 15 is 0 Å². The largest absolute Gasteiger partial charge is 0.496 e. The van der Waals surface area contributed by atoms with Crippen molar-refractivity contribution in [3.05, 3.63) is 29.3 Å². The lowest BCUT2D eigenvalue weighted by Gasteiger charge is -2.24. The molecule has 0 aromatic heterocycles. The Labute approximate surface area is 102 Å². The van der Waals surface area contributed by atoms with Gasteiger partial charge in [0.05, 0.1) is 14.2 Å². The third-order valence-electron chi connectivity index (χ3n) is 2.62. The van der Waals surface area contributed by atoms with Gasteiger partial charge in [-0.2, -0.15) is 0 Å². The molecule has 94 valence electrons. The van der Waals surface area contributed by atoms with Crippen molar-refractivity contribution in [2.24, 2.45) is 0 Å². The molecule has 0 radical (unpaired) electrons. The number of methoxy groups -OCH3 is 2. The van der Waals surface area contributed by atoms with Gasteiger partial charge in [0.2, 0.25) is 0 Å². The predicted octanol–water partition coefficient (Wildman–Crippen LogP) is 1.78. The smallest absolute Gasteiger partial charge is 0.327 e. The van der Waals surface area contributed by atoms with E-state index in [0.717, 1.165) is 11.1 Å². The van der Waals surface area contributed by atoms with Gasteiger partial charge in [-0.05, 0) is 27.1 Å². The summed E-state index contributed by atoms with van der Waals surface area (Å²) >= 11 is 0. The first-order chi connectivity index (χ1) is 8.01. The second kappa shape index (κ2) is 5.68. The summed E-state index contributed by atoms with van der Waals surface area (Å²) in [5, 5.41) is 0. The van der Waals surface area contributed by atoms with Crippen LogP contribution >= 0.6 is 0 Å². The maximum atomic E-state index is 11.8. The fraction of sp³-hybridized carbons (Fsp3) is 0.462. The second-order valence-electron chi connectivity index (χ2n) is 4.13. The number of aryl methyl sites for hydroxylation is 1. The summed E-state index contributed by atoms with van der Waals surface area (Å²) in [5.74, 6) is 0.401. The quantitative estimate of drug-likeness (QED) is 0.748. The zero-order chi connectivity index (χ0) is 13.0. The minimum absolute atomic E-state index is 0.293. The molecule has 0 aliphatic rings. The van der Waals surface area contributed by atoms with Gasteiger partial charge in [-0.15, -0.1) is 0 Å². The molecule has 0 N–H and O–H groups in total. The highest BCUT2D eigenvalue weighted by Crippen LogP contribution is 2.29. The molecule has 0 aliphatic carbocycles. The third kappa shape index (κ3) is 2.97. The Morgan fingerprint density at radius 2 is 1.94 bits per heavy atom. The zero-order valence-corrected chi connectivity index (χ0v) is 11.0. The summed E-state index contributed by atoms with van der Waals surface area (Å²) in [6, 6.07) is 5.31. The Morgan fingerprint density at radius 1 is 1.29 bits per heavy atom. The van der Waals surface area contributed by atoms with E-state index in [1.165, 1.54) is 7.11 Å². The van der Waals surface area contributed by atoms with E-state index in [2.05, 4.69) is 0 Å². The van der Waals surface area contributed by atoms with Gasteiger partial charge >= 0.3 is 5.97 Å². The summed E-state index contributed by atoms with van der Waals surface area (Å²) in [6.07, 6.45) is 0. The Morgan fingerprint density at radius 3 is 2.41 bits per heavy atom. The highest BCUT2D eigenvalue weighted by molar-refractivity contribution is 5.78. The molecule has 0 saturated heterocycles. The van der Waals surface area contributed by atoms with Gasteiger partial charge in [0, 0.05) is 5.56 Å². The van der Waals surface area contributed by atoms with Crippen LogP contribution in [0.5, 0.6) is 5.75 Å². The molecule has 1 aromatic carbocycles. The van der Waals surface area contributed by atoms with E-state index in [4.69, 9.17) is 9.47 Å². The van der Waals surface area contributed by atoms with Gasteiger partial charge in [0.25, 0.3) is 0 Å². The molecule has 17 heavy (non-hydrogen) atoms. The van der Waals surface area contributed by atoms with Crippen LogP contribution in [0.1, 0.15) is 17.2 Å². The number of nitrogens with zero attached hydrogens (tertiary/aromatic N) is 1. The molecule has 0 fully saturated rings. The van der Waals surface area contributed by atoms with E-state index in [-0.39, 0.29) is 5.97 Å². The average Bonchev–Trinajstić information content (AvgIpc) is 2.29. The Balaban J connectivity index is 3.26. The molecule has 0 spiro atoms. The Kier molecular flexibility index (Phi) is 4.52. The highest BCUT2D eigenvalue weighted by atomic mass is 16.5. The van der Waals surface area contributed by atoms with Crippen LogP contribution in [0.3, 0.4) is 0 Å². The maximum Gasteiger partial charge on any atom is 0.327 e. The highest BCUT2D eigenvalue weighted by Gasteiger charge is 2.26. The number of hydrogen-bond donors (Lipinski definition) is 0. The van der Waals surface area contributed by atoms with E-state index in [1.54, 1.807) is 7.11 Å². The first kappa shape index (κ1) is 13.5. The fourth-order valence-electron chi connectivity index (χ4n) is 1.80. The van der Waals surface area contributed by atoms with Crippen molar-refractivity contribution in [2.45, 2.75) is 13.0 Å². The summed E-state index contributed by atoms with van der Waals surface area (Å²) < 4.78 is 10.1. The van der Waals surface area contributed by atoms with Gasteiger partial charge in [-0.1, -0.05) is 17.7 Å². The van der Waals surface area contributed by atoms with Crippen LogP contribution in [0.15, 0.2) is 18.2 Å². The van der Waals surface area contributed by atoms with Crippen LogP contribution in [-0.2, 0) is 9.53 Å². The summed E-state index contributed by atoms with van der Waals surface area (Å²) in [6.45, 7) is 1.98. The number of ether oxygens (including phenoxy) is 2. The molecule has 4 nitrogen and oxygen atoms in total. The average molecular weight is 237 g/mol. The van der Waals surface area contributed by atoms with E-state index in [1.807, 2.05) is 44.1 Å². The third-order valence-corrected chi connectivity index (χ3v) is 2.62. The molecule has 0 bridgehead atoms. The lowest BCUT2D eigenvalue weighted by atomic mass is 10.0. The van der Waals surface area contributed by atoms with Crippen molar-refractivity contribution in [2.75, 3.05) is 28.3 Å². The molecule has 1 unspecified atom stereocenters. The first-order valence-electron chi connectivity index (χ1n) is 5.40. The Bertz CT molecular complexity index is 402. The van der Waals surface area contributed by atoms with Gasteiger partial charge in [0.15, 0.2) is 0 Å². The van der Waals surface area contributed by atoms with Gasteiger partial charge in [-0.25, -0.2) is 4.79 Å². The number of benzene rings is 1. The van der Waals surface area contributed by atoms with Gasteiger partial charge < -0.3 is 9.47 Å². The van der Waals surface area contributed by atoms with Crippen LogP contribution in [0.25, 0.3) is 0 Å². The molecule has 0 amide bonds. The van der Waals surface area contributed by atoms with Gasteiger partial charge in [0.1, 0.15) is 11.8 Å².